The van der Waals surface area contributed by atoms with Gasteiger partial charge in [-0.3, -0.25) is 0 Å². The smallest absolute Gasteiger partial charge is 0.147 e. The molecule has 6 heteroatoms. The molecule has 0 spiro atoms. The Labute approximate surface area is 130 Å². The maximum absolute atomic E-state index is 14.0. The molecule has 0 aliphatic carbocycles. The van der Waals surface area contributed by atoms with Crippen molar-refractivity contribution in [3.8, 4) is 0 Å². The van der Waals surface area contributed by atoms with E-state index in [1.807, 2.05) is 14.0 Å². The quantitative estimate of drug-likeness (QED) is 0.898. The lowest BCUT2D eigenvalue weighted by atomic mass is 10.0. The van der Waals surface area contributed by atoms with E-state index in [0.29, 0.717) is 10.2 Å². The maximum atomic E-state index is 14.0. The van der Waals surface area contributed by atoms with Crippen LogP contribution in [0.4, 0.5) is 15.9 Å². The molecule has 108 valence electrons. The number of nitrogens with zero attached hydrogens (tertiary/aromatic N) is 3. The number of anilines is 2. The zero-order valence-corrected chi connectivity index (χ0v) is 13.3. The van der Waals surface area contributed by atoms with Crippen molar-refractivity contribution >= 4 is 33.1 Å². The predicted octanol–water partition coefficient (Wildman–Crippen LogP) is 3.67. The Morgan fingerprint density at radius 1 is 1.38 bits per heavy atom. The van der Waals surface area contributed by atoms with E-state index in [1.165, 1.54) is 12.4 Å². The molecule has 1 aromatic heterocycles. The van der Waals surface area contributed by atoms with Gasteiger partial charge in [-0.15, -0.1) is 0 Å². The zero-order valence-electron chi connectivity index (χ0n) is 11.7. The third kappa shape index (κ3) is 2.63. The number of fused-ring (bicyclic) bond motifs is 1. The van der Waals surface area contributed by atoms with Crippen molar-refractivity contribution in [1.82, 2.24) is 9.97 Å². The lowest BCUT2D eigenvalue weighted by Gasteiger charge is -2.29. The minimum atomic E-state index is -0.304. The minimum absolute atomic E-state index is 0.304. The summed E-state index contributed by atoms with van der Waals surface area (Å²) in [6, 6.07) is 4.95. The minimum Gasteiger partial charge on any atom is -0.355 e. The predicted molar refractivity (Wildman–Crippen MR) is 85.6 cm³/mol. The molecule has 2 aromatic rings. The second kappa shape index (κ2) is 5.44. The molecular weight excluding hydrogens is 335 g/mol. The first kappa shape index (κ1) is 14.0. The van der Waals surface area contributed by atoms with Crippen molar-refractivity contribution < 1.29 is 4.39 Å². The van der Waals surface area contributed by atoms with Gasteiger partial charge >= 0.3 is 0 Å². The van der Waals surface area contributed by atoms with E-state index in [-0.39, 0.29) is 5.82 Å². The van der Waals surface area contributed by atoms with Crippen LogP contribution in [0.5, 0.6) is 0 Å². The number of rotatable bonds is 2. The van der Waals surface area contributed by atoms with Crippen molar-refractivity contribution in [1.29, 1.82) is 0 Å². The third-order valence-electron chi connectivity index (χ3n) is 3.41. The first-order chi connectivity index (χ1) is 10.1. The topological polar surface area (TPSA) is 41.1 Å². The van der Waals surface area contributed by atoms with Gasteiger partial charge < -0.3 is 10.2 Å². The van der Waals surface area contributed by atoms with Gasteiger partial charge in [-0.05, 0) is 30.7 Å². The highest BCUT2D eigenvalue weighted by Crippen LogP contribution is 2.33. The summed E-state index contributed by atoms with van der Waals surface area (Å²) in [7, 11) is 1.98. The summed E-state index contributed by atoms with van der Waals surface area (Å²) in [6.07, 6.45) is 3.27. The van der Waals surface area contributed by atoms with Crippen LogP contribution in [0.3, 0.4) is 0 Å². The summed E-state index contributed by atoms with van der Waals surface area (Å²) in [5, 5.41) is 3.18. The van der Waals surface area contributed by atoms with Crippen molar-refractivity contribution in [3.05, 3.63) is 52.1 Å². The molecule has 0 bridgehead atoms. The van der Waals surface area contributed by atoms with Crippen LogP contribution < -0.4 is 10.2 Å². The first-order valence-corrected chi connectivity index (χ1v) is 7.29. The Hall–Kier alpha value is -1.95. The van der Waals surface area contributed by atoms with Crippen LogP contribution in [0.15, 0.2) is 40.8 Å². The average Bonchev–Trinajstić information content (AvgIpc) is 2.45. The summed E-state index contributed by atoms with van der Waals surface area (Å²) in [5.74, 6) is 0.539. The Morgan fingerprint density at radius 3 is 2.95 bits per heavy atom. The molecule has 0 amide bonds. The lowest BCUT2D eigenvalue weighted by molar-refractivity contribution is 0.631. The molecular formula is C15H14BrFN4. The molecule has 0 radical (unpaired) electrons. The number of likely N-dealkylation sites (N-methyl/N-ethyl adjacent to an activating group) is 1. The normalized spacial score (nSPS) is 14.2. The lowest BCUT2D eigenvalue weighted by Crippen LogP contribution is -2.28. The largest absolute Gasteiger partial charge is 0.355 e. The molecule has 0 fully saturated rings. The highest BCUT2D eigenvalue weighted by Gasteiger charge is 2.22. The van der Waals surface area contributed by atoms with Crippen LogP contribution in [0.1, 0.15) is 12.5 Å². The molecule has 4 nitrogen and oxygen atoms in total. The molecule has 0 unspecified atom stereocenters. The molecule has 21 heavy (non-hydrogen) atoms. The molecule has 1 aromatic carbocycles. The van der Waals surface area contributed by atoms with Crippen LogP contribution in [0, 0.1) is 5.82 Å². The van der Waals surface area contributed by atoms with Gasteiger partial charge in [0, 0.05) is 24.3 Å². The highest BCUT2D eigenvalue weighted by molar-refractivity contribution is 9.10. The molecule has 0 saturated heterocycles. The molecule has 3 rings (SSSR count). The summed E-state index contributed by atoms with van der Waals surface area (Å²) < 4.78 is 14.7. The average molecular weight is 349 g/mol. The van der Waals surface area contributed by atoms with E-state index in [2.05, 4.69) is 36.1 Å². The van der Waals surface area contributed by atoms with Gasteiger partial charge in [0.1, 0.15) is 18.0 Å². The van der Waals surface area contributed by atoms with Crippen LogP contribution in [-0.2, 0) is 0 Å². The zero-order chi connectivity index (χ0) is 15.0. The second-order valence-electron chi connectivity index (χ2n) is 5.02. The van der Waals surface area contributed by atoms with Gasteiger partial charge in [0.2, 0.25) is 0 Å². The summed E-state index contributed by atoms with van der Waals surface area (Å²) in [5.41, 5.74) is 3.30. The third-order valence-corrected chi connectivity index (χ3v) is 3.91. The number of halogens is 2. The number of hydrogen-bond acceptors (Lipinski definition) is 4. The standard InChI is InChI=1S/C15H14BrFN4/c1-9-7-21(2)15-11(6-18-8-19-15)14(9)20-13-4-3-10(16)5-12(13)17/h3-6,8,20H,7H2,1-2H3. The first-order valence-electron chi connectivity index (χ1n) is 6.49. The van der Waals surface area contributed by atoms with Gasteiger partial charge in [-0.1, -0.05) is 15.9 Å². The molecule has 1 aliphatic rings. The van der Waals surface area contributed by atoms with Gasteiger partial charge in [-0.25, -0.2) is 14.4 Å². The Morgan fingerprint density at radius 2 is 2.19 bits per heavy atom. The fourth-order valence-electron chi connectivity index (χ4n) is 2.44. The fourth-order valence-corrected chi connectivity index (χ4v) is 2.78. The van der Waals surface area contributed by atoms with Crippen molar-refractivity contribution in [3.63, 3.8) is 0 Å². The molecule has 1 aliphatic heterocycles. The monoisotopic (exact) mass is 348 g/mol. The van der Waals surface area contributed by atoms with Gasteiger partial charge in [0.15, 0.2) is 0 Å². The van der Waals surface area contributed by atoms with Crippen LogP contribution >= 0.6 is 15.9 Å². The van der Waals surface area contributed by atoms with E-state index in [0.717, 1.165) is 29.2 Å². The van der Waals surface area contributed by atoms with E-state index in [1.54, 1.807) is 18.3 Å². The fraction of sp³-hybridized carbons (Fsp3) is 0.200. The van der Waals surface area contributed by atoms with E-state index < -0.39 is 0 Å². The Balaban J connectivity index is 2.03. The summed E-state index contributed by atoms with van der Waals surface area (Å²) in [4.78, 5) is 10.4. The molecule has 0 atom stereocenters. The van der Waals surface area contributed by atoms with Crippen LogP contribution in [0.2, 0.25) is 0 Å². The Bertz CT molecular complexity index is 729. The number of aromatic nitrogens is 2. The molecule has 1 N–H and O–H groups in total. The van der Waals surface area contributed by atoms with Crippen LogP contribution in [-0.4, -0.2) is 23.6 Å². The maximum Gasteiger partial charge on any atom is 0.147 e. The SMILES string of the molecule is CC1=C(Nc2ccc(Br)cc2F)c2cncnc2N(C)C1. The van der Waals surface area contributed by atoms with Crippen molar-refractivity contribution in [2.75, 3.05) is 23.8 Å². The molecule has 0 saturated carbocycles. The van der Waals surface area contributed by atoms with Crippen molar-refractivity contribution in [2.45, 2.75) is 6.92 Å². The van der Waals surface area contributed by atoms with E-state index in [9.17, 15) is 4.39 Å². The number of nitrogens with one attached hydrogen (secondary N) is 1. The van der Waals surface area contributed by atoms with Crippen molar-refractivity contribution in [2.24, 2.45) is 0 Å². The van der Waals surface area contributed by atoms with E-state index >= 15 is 0 Å². The van der Waals surface area contributed by atoms with Crippen LogP contribution in [0.25, 0.3) is 5.70 Å². The van der Waals surface area contributed by atoms with E-state index in [4.69, 9.17) is 0 Å². The Kier molecular flexibility index (Phi) is 3.63. The van der Waals surface area contributed by atoms with Gasteiger partial charge in [0.05, 0.1) is 16.9 Å². The number of benzene rings is 1. The highest BCUT2D eigenvalue weighted by atomic mass is 79.9. The molecule has 2 heterocycles. The second-order valence-corrected chi connectivity index (χ2v) is 5.94. The summed E-state index contributed by atoms with van der Waals surface area (Å²) in [6.45, 7) is 2.76. The number of hydrogen-bond donors (Lipinski definition) is 1. The summed E-state index contributed by atoms with van der Waals surface area (Å²) >= 11 is 3.26. The van der Waals surface area contributed by atoms with Gasteiger partial charge in [-0.2, -0.15) is 0 Å². The van der Waals surface area contributed by atoms with Gasteiger partial charge in [0.25, 0.3) is 0 Å².